The van der Waals surface area contributed by atoms with E-state index in [1.807, 2.05) is 13.8 Å². The summed E-state index contributed by atoms with van der Waals surface area (Å²) in [5.74, 6) is 0.955. The second kappa shape index (κ2) is 9.05. The molecule has 0 bridgehead atoms. The zero-order valence-corrected chi connectivity index (χ0v) is 18.6. The van der Waals surface area contributed by atoms with Crippen LogP contribution in [0.25, 0.3) is 5.69 Å². The number of nitrogens with zero attached hydrogens (tertiary/aromatic N) is 3. The first-order valence-corrected chi connectivity index (χ1v) is 10.3. The van der Waals surface area contributed by atoms with Crippen LogP contribution in [0.1, 0.15) is 38.8 Å². The number of hydrogen-bond acceptors (Lipinski definition) is 5. The summed E-state index contributed by atoms with van der Waals surface area (Å²) in [6, 6.07) is 14.0. The first kappa shape index (κ1) is 23.1. The molecule has 1 amide bonds. The Bertz CT molecular complexity index is 1290. The molecule has 0 saturated carbocycles. The van der Waals surface area contributed by atoms with Crippen LogP contribution in [0.2, 0.25) is 0 Å². The van der Waals surface area contributed by atoms with Crippen LogP contribution in [-0.4, -0.2) is 20.8 Å². The average Bonchev–Trinajstić information content (AvgIpc) is 3.35. The van der Waals surface area contributed by atoms with Gasteiger partial charge in [-0.1, -0.05) is 5.16 Å². The van der Waals surface area contributed by atoms with E-state index in [1.165, 1.54) is 4.68 Å². The predicted molar refractivity (Wildman–Crippen MR) is 118 cm³/mol. The Labute approximate surface area is 193 Å². The van der Waals surface area contributed by atoms with E-state index in [1.54, 1.807) is 55.5 Å². The summed E-state index contributed by atoms with van der Waals surface area (Å²) in [5, 5.41) is 10.3. The molecule has 176 valence electrons. The molecule has 2 aromatic carbocycles. The van der Waals surface area contributed by atoms with Gasteiger partial charge in [0.1, 0.15) is 18.1 Å². The van der Waals surface area contributed by atoms with E-state index in [9.17, 15) is 18.0 Å². The number of rotatable bonds is 6. The fraction of sp³-hybridized carbons (Fsp3) is 0.208. The number of aromatic nitrogens is 3. The van der Waals surface area contributed by atoms with Gasteiger partial charge in [-0.25, -0.2) is 4.68 Å². The van der Waals surface area contributed by atoms with Gasteiger partial charge in [0.25, 0.3) is 5.91 Å². The van der Waals surface area contributed by atoms with Crippen molar-refractivity contribution in [2.24, 2.45) is 0 Å². The molecule has 2 aromatic heterocycles. The third kappa shape index (κ3) is 4.95. The van der Waals surface area contributed by atoms with E-state index < -0.39 is 11.9 Å². The summed E-state index contributed by atoms with van der Waals surface area (Å²) in [6.45, 7) is 5.50. The van der Waals surface area contributed by atoms with Crippen LogP contribution in [0.3, 0.4) is 0 Å². The number of ether oxygens (including phenoxy) is 1. The first-order valence-electron chi connectivity index (χ1n) is 10.3. The van der Waals surface area contributed by atoms with Crippen LogP contribution in [0.4, 0.5) is 18.9 Å². The Kier molecular flexibility index (Phi) is 6.14. The van der Waals surface area contributed by atoms with Crippen LogP contribution in [0.15, 0.2) is 59.1 Å². The molecule has 7 nitrogen and oxygen atoms in total. The molecule has 1 N–H and O–H groups in total. The number of benzene rings is 2. The summed E-state index contributed by atoms with van der Waals surface area (Å²) in [7, 11) is 0. The molecule has 0 aliphatic heterocycles. The molecule has 0 aliphatic rings. The Morgan fingerprint density at radius 2 is 1.74 bits per heavy atom. The van der Waals surface area contributed by atoms with Gasteiger partial charge in [-0.15, -0.1) is 0 Å². The van der Waals surface area contributed by atoms with Gasteiger partial charge in [-0.05, 0) is 75.4 Å². The maximum atomic E-state index is 12.9. The molecule has 4 aromatic rings. The normalized spacial score (nSPS) is 11.5. The van der Waals surface area contributed by atoms with Gasteiger partial charge in [0.15, 0.2) is 5.69 Å². The summed E-state index contributed by atoms with van der Waals surface area (Å²) in [4.78, 5) is 12.6. The zero-order valence-electron chi connectivity index (χ0n) is 18.6. The van der Waals surface area contributed by atoms with Gasteiger partial charge in [0.2, 0.25) is 0 Å². The highest BCUT2D eigenvalue weighted by atomic mass is 19.4. The van der Waals surface area contributed by atoms with E-state index in [0.29, 0.717) is 40.7 Å². The van der Waals surface area contributed by atoms with Gasteiger partial charge in [0, 0.05) is 16.9 Å². The van der Waals surface area contributed by atoms with Crippen molar-refractivity contribution in [3.63, 3.8) is 0 Å². The molecule has 2 heterocycles. The minimum Gasteiger partial charge on any atom is -0.489 e. The summed E-state index contributed by atoms with van der Waals surface area (Å²) in [6.07, 6.45) is -4.52. The Balaban J connectivity index is 1.39. The van der Waals surface area contributed by atoms with E-state index in [-0.39, 0.29) is 5.91 Å². The maximum absolute atomic E-state index is 12.9. The number of anilines is 1. The second-order valence-electron chi connectivity index (χ2n) is 7.70. The fourth-order valence-corrected chi connectivity index (χ4v) is 3.33. The van der Waals surface area contributed by atoms with Gasteiger partial charge >= 0.3 is 6.18 Å². The quantitative estimate of drug-likeness (QED) is 0.395. The molecule has 0 spiro atoms. The molecule has 0 unspecified atom stereocenters. The van der Waals surface area contributed by atoms with E-state index in [2.05, 4.69) is 15.6 Å². The zero-order chi connectivity index (χ0) is 24.5. The number of amides is 1. The van der Waals surface area contributed by atoms with Crippen molar-refractivity contribution in [2.45, 2.75) is 33.6 Å². The monoisotopic (exact) mass is 470 g/mol. The van der Waals surface area contributed by atoms with Crippen LogP contribution in [0, 0.1) is 20.8 Å². The van der Waals surface area contributed by atoms with Crippen molar-refractivity contribution in [1.29, 1.82) is 0 Å². The van der Waals surface area contributed by atoms with Crippen LogP contribution >= 0.6 is 0 Å². The lowest BCUT2D eigenvalue weighted by molar-refractivity contribution is -0.141. The lowest BCUT2D eigenvalue weighted by Crippen LogP contribution is -2.12. The molecular weight excluding hydrogens is 449 g/mol. The lowest BCUT2D eigenvalue weighted by Gasteiger charge is -2.09. The van der Waals surface area contributed by atoms with Crippen molar-refractivity contribution in [2.75, 3.05) is 5.32 Å². The minimum absolute atomic E-state index is 0.305. The fourth-order valence-electron chi connectivity index (χ4n) is 3.33. The molecule has 0 radical (unpaired) electrons. The minimum atomic E-state index is -4.52. The number of halogens is 3. The summed E-state index contributed by atoms with van der Waals surface area (Å²) in [5.41, 5.74) is 2.40. The van der Waals surface area contributed by atoms with Crippen molar-refractivity contribution >= 4 is 11.6 Å². The highest BCUT2D eigenvalue weighted by molar-refractivity contribution is 6.04. The topological polar surface area (TPSA) is 82.2 Å². The number of hydrogen-bond donors (Lipinski definition) is 1. The average molecular weight is 470 g/mol. The van der Waals surface area contributed by atoms with Gasteiger partial charge in [0.05, 0.1) is 16.9 Å². The molecule has 0 aliphatic carbocycles. The number of alkyl halides is 3. The summed E-state index contributed by atoms with van der Waals surface area (Å²) >= 11 is 0. The number of aryl methyl sites for hydroxylation is 3. The smallest absolute Gasteiger partial charge is 0.435 e. The number of carbonyl (C=O) groups is 1. The first-order chi connectivity index (χ1) is 16.1. The highest BCUT2D eigenvalue weighted by Crippen LogP contribution is 2.29. The number of nitrogens with one attached hydrogen (secondary N) is 1. The molecule has 10 heteroatoms. The van der Waals surface area contributed by atoms with Gasteiger partial charge in [-0.3, -0.25) is 4.79 Å². The predicted octanol–water partition coefficient (Wildman–Crippen LogP) is 5.64. The second-order valence-corrected chi connectivity index (χ2v) is 7.70. The SMILES string of the molecule is Cc1noc(C)c1COc1ccc(C(=O)Nc2ccc(-n3nc(C(F)(F)F)cc3C)cc2)cc1. The highest BCUT2D eigenvalue weighted by Gasteiger charge is 2.34. The van der Waals surface area contributed by atoms with Crippen LogP contribution in [-0.2, 0) is 12.8 Å². The summed E-state index contributed by atoms with van der Waals surface area (Å²) < 4.78 is 50.7. The van der Waals surface area contributed by atoms with E-state index in [0.717, 1.165) is 17.3 Å². The maximum Gasteiger partial charge on any atom is 0.435 e. The third-order valence-corrected chi connectivity index (χ3v) is 5.23. The standard InChI is InChI=1S/C24H21F3N4O3/c1-14-12-22(24(25,26)27)29-31(14)19-8-6-18(7-9-19)28-23(32)17-4-10-20(11-5-17)33-13-21-15(2)30-34-16(21)3/h4-12H,13H2,1-3H3,(H,28,32). The molecule has 0 saturated heterocycles. The van der Waals surface area contributed by atoms with Crippen molar-refractivity contribution in [3.05, 3.63) is 88.6 Å². The molecule has 4 rings (SSSR count). The van der Waals surface area contributed by atoms with Crippen molar-refractivity contribution in [3.8, 4) is 11.4 Å². The van der Waals surface area contributed by atoms with Crippen molar-refractivity contribution in [1.82, 2.24) is 14.9 Å². The largest absolute Gasteiger partial charge is 0.489 e. The molecule has 34 heavy (non-hydrogen) atoms. The third-order valence-electron chi connectivity index (χ3n) is 5.23. The number of carbonyl (C=O) groups excluding carboxylic acids is 1. The Hall–Kier alpha value is -4.08. The van der Waals surface area contributed by atoms with Gasteiger partial charge in [-0.2, -0.15) is 18.3 Å². The molecule has 0 atom stereocenters. The van der Waals surface area contributed by atoms with Crippen molar-refractivity contribution < 1.29 is 27.2 Å². The van der Waals surface area contributed by atoms with Gasteiger partial charge < -0.3 is 14.6 Å². The Morgan fingerprint density at radius 3 is 2.29 bits per heavy atom. The van der Waals surface area contributed by atoms with E-state index >= 15 is 0 Å². The van der Waals surface area contributed by atoms with Crippen LogP contribution in [0.5, 0.6) is 5.75 Å². The molecule has 0 fully saturated rings. The molecular formula is C24H21F3N4O3. The van der Waals surface area contributed by atoms with Crippen LogP contribution < -0.4 is 10.1 Å². The van der Waals surface area contributed by atoms with E-state index in [4.69, 9.17) is 9.26 Å². The lowest BCUT2D eigenvalue weighted by atomic mass is 10.2. The Morgan fingerprint density at radius 1 is 1.06 bits per heavy atom.